The molecule has 1 rings (SSSR count). The Kier molecular flexibility index (Phi) is 4.98. The van der Waals surface area contributed by atoms with Crippen LogP contribution >= 0.6 is 11.6 Å². The van der Waals surface area contributed by atoms with Crippen LogP contribution < -0.4 is 9.46 Å². The number of hydrogen-bond donors (Lipinski definition) is 3. The van der Waals surface area contributed by atoms with Crippen molar-refractivity contribution in [3.63, 3.8) is 0 Å². The smallest absolute Gasteiger partial charge is 0.336 e. The molecule has 3 N–H and O–H groups in total. The van der Waals surface area contributed by atoms with Crippen LogP contribution in [0.15, 0.2) is 23.1 Å². The van der Waals surface area contributed by atoms with Crippen LogP contribution in [-0.2, 0) is 14.8 Å². The van der Waals surface area contributed by atoms with Crippen LogP contribution in [0.25, 0.3) is 0 Å². The number of ether oxygens (including phenoxy) is 1. The molecular weight excluding hydrogens is 310 g/mol. The topological polar surface area (TPSA) is 113 Å². The maximum Gasteiger partial charge on any atom is 0.336 e. The van der Waals surface area contributed by atoms with Gasteiger partial charge in [-0.05, 0) is 19.1 Å². The van der Waals surface area contributed by atoms with Gasteiger partial charge in [0.25, 0.3) is 0 Å². The highest BCUT2D eigenvalue weighted by molar-refractivity contribution is 7.89. The molecule has 1 atom stereocenters. The molecule has 1 aromatic rings. The average molecular weight is 324 g/mol. The van der Waals surface area contributed by atoms with Crippen LogP contribution in [0.3, 0.4) is 0 Å². The number of aliphatic hydroxyl groups is 1. The second kappa shape index (κ2) is 5.96. The Labute approximate surface area is 121 Å². The molecule has 0 amide bonds. The van der Waals surface area contributed by atoms with Gasteiger partial charge in [-0.3, -0.25) is 0 Å². The minimum atomic E-state index is -4.08. The fourth-order valence-electron chi connectivity index (χ4n) is 1.21. The third-order valence-corrected chi connectivity index (χ3v) is 4.38. The maximum atomic E-state index is 12.0. The van der Waals surface area contributed by atoms with Crippen LogP contribution in [-0.4, -0.2) is 43.9 Å². The van der Waals surface area contributed by atoms with Gasteiger partial charge in [0.2, 0.25) is 10.0 Å². The van der Waals surface area contributed by atoms with Crippen LogP contribution in [0.4, 0.5) is 0 Å². The van der Waals surface area contributed by atoms with E-state index in [4.69, 9.17) is 21.4 Å². The first-order valence-corrected chi connectivity index (χ1v) is 7.25. The number of carboxylic acids is 1. The first-order chi connectivity index (χ1) is 9.10. The zero-order chi connectivity index (χ0) is 15.6. The largest absolute Gasteiger partial charge is 0.497 e. The molecule has 9 heteroatoms. The first-order valence-electron chi connectivity index (χ1n) is 5.39. The zero-order valence-electron chi connectivity index (χ0n) is 10.8. The van der Waals surface area contributed by atoms with E-state index in [0.29, 0.717) is 0 Å². The van der Waals surface area contributed by atoms with E-state index in [9.17, 15) is 18.3 Å². The molecule has 1 aromatic carbocycles. The van der Waals surface area contributed by atoms with Gasteiger partial charge >= 0.3 is 5.97 Å². The van der Waals surface area contributed by atoms with Crippen LogP contribution in [0.1, 0.15) is 6.92 Å². The highest BCUT2D eigenvalue weighted by Gasteiger charge is 2.32. The van der Waals surface area contributed by atoms with E-state index >= 15 is 0 Å². The van der Waals surface area contributed by atoms with Crippen LogP contribution in [0.2, 0.25) is 5.02 Å². The summed E-state index contributed by atoms with van der Waals surface area (Å²) in [6, 6.07) is 4.01. The summed E-state index contributed by atoms with van der Waals surface area (Å²) in [7, 11) is -2.71. The molecule has 0 aliphatic carbocycles. The van der Waals surface area contributed by atoms with Gasteiger partial charge in [-0.25, -0.2) is 17.9 Å². The summed E-state index contributed by atoms with van der Waals surface area (Å²) in [6.07, 6.45) is 0. The molecule has 0 fully saturated rings. The molecule has 0 aliphatic heterocycles. The molecule has 1 unspecified atom stereocenters. The van der Waals surface area contributed by atoms with E-state index in [1.54, 1.807) is 0 Å². The van der Waals surface area contributed by atoms with Crippen molar-refractivity contribution in [2.45, 2.75) is 17.4 Å². The lowest BCUT2D eigenvalue weighted by molar-refractivity contribution is -0.155. The number of hydrogen-bond acceptors (Lipinski definition) is 5. The minimum Gasteiger partial charge on any atom is -0.497 e. The Morgan fingerprint density at radius 1 is 1.50 bits per heavy atom. The van der Waals surface area contributed by atoms with Crippen molar-refractivity contribution in [3.8, 4) is 5.75 Å². The van der Waals surface area contributed by atoms with Crippen molar-refractivity contribution < 1.29 is 28.2 Å². The summed E-state index contributed by atoms with van der Waals surface area (Å²) in [5.74, 6) is -1.27. The Bertz CT molecular complexity index is 613. The van der Waals surface area contributed by atoms with Crippen molar-refractivity contribution >= 4 is 27.6 Å². The monoisotopic (exact) mass is 323 g/mol. The lowest BCUT2D eigenvalue weighted by Crippen LogP contribution is -2.46. The normalized spacial score (nSPS) is 14.6. The highest BCUT2D eigenvalue weighted by Crippen LogP contribution is 2.26. The van der Waals surface area contributed by atoms with Crippen LogP contribution in [0.5, 0.6) is 5.75 Å². The molecule has 7 nitrogen and oxygen atoms in total. The van der Waals surface area contributed by atoms with Gasteiger partial charge in [0.1, 0.15) is 10.6 Å². The number of nitrogens with one attached hydrogen (secondary N) is 1. The maximum absolute atomic E-state index is 12.0. The van der Waals surface area contributed by atoms with E-state index < -0.39 is 28.1 Å². The summed E-state index contributed by atoms with van der Waals surface area (Å²) in [5, 5.41) is 18.2. The van der Waals surface area contributed by atoms with E-state index in [0.717, 1.165) is 6.92 Å². The molecule has 0 bridgehead atoms. The summed E-state index contributed by atoms with van der Waals surface area (Å²) >= 11 is 5.80. The Hall–Kier alpha value is -1.35. The number of benzene rings is 1. The fraction of sp³-hybridized carbons (Fsp3) is 0.364. The predicted molar refractivity (Wildman–Crippen MR) is 71.5 cm³/mol. The van der Waals surface area contributed by atoms with Crippen molar-refractivity contribution in [1.29, 1.82) is 0 Å². The standard InChI is InChI=1S/C11H14ClNO6S/c1-11(16,10(14)15)6-13-20(17,18)9-5-7(19-2)3-4-8(9)12/h3-5,13,16H,6H2,1-2H3,(H,14,15). The first kappa shape index (κ1) is 16.7. The molecule has 0 aromatic heterocycles. The zero-order valence-corrected chi connectivity index (χ0v) is 12.3. The van der Waals surface area contributed by atoms with Gasteiger partial charge in [0.05, 0.1) is 18.7 Å². The van der Waals surface area contributed by atoms with Gasteiger partial charge in [-0.15, -0.1) is 0 Å². The van der Waals surface area contributed by atoms with Gasteiger partial charge < -0.3 is 14.9 Å². The number of halogens is 1. The fourth-order valence-corrected chi connectivity index (χ4v) is 2.85. The quantitative estimate of drug-likeness (QED) is 0.701. The number of carbonyl (C=O) groups is 1. The molecule has 0 heterocycles. The molecule has 0 spiro atoms. The number of carboxylic acid groups (broad SMARTS) is 1. The number of rotatable bonds is 6. The van der Waals surface area contributed by atoms with E-state index in [1.165, 1.54) is 25.3 Å². The number of methoxy groups -OCH3 is 1. The third kappa shape index (κ3) is 3.83. The van der Waals surface area contributed by atoms with Gasteiger partial charge in [0.15, 0.2) is 5.60 Å². The molecule has 0 saturated heterocycles. The summed E-state index contributed by atoms with van der Waals surface area (Å²) in [5.41, 5.74) is -2.22. The minimum absolute atomic E-state index is 0.0479. The Morgan fingerprint density at radius 3 is 2.60 bits per heavy atom. The molecule has 0 saturated carbocycles. The Morgan fingerprint density at radius 2 is 2.10 bits per heavy atom. The van der Waals surface area contributed by atoms with Gasteiger partial charge in [-0.1, -0.05) is 11.6 Å². The number of sulfonamides is 1. The molecule has 0 radical (unpaired) electrons. The summed E-state index contributed by atoms with van der Waals surface area (Å²) < 4.78 is 31.0. The summed E-state index contributed by atoms with van der Waals surface area (Å²) in [4.78, 5) is 10.4. The molecule has 0 aliphatic rings. The lowest BCUT2D eigenvalue weighted by atomic mass is 10.1. The molecule has 112 valence electrons. The van der Waals surface area contributed by atoms with Crippen LogP contribution in [0, 0.1) is 0 Å². The second-order valence-corrected chi connectivity index (χ2v) is 6.34. The van der Waals surface area contributed by atoms with Crippen molar-refractivity contribution in [3.05, 3.63) is 23.2 Å². The lowest BCUT2D eigenvalue weighted by Gasteiger charge is -2.18. The van der Waals surface area contributed by atoms with Gasteiger partial charge in [0, 0.05) is 6.07 Å². The van der Waals surface area contributed by atoms with E-state index in [-0.39, 0.29) is 15.7 Å². The number of aliphatic carboxylic acids is 1. The van der Waals surface area contributed by atoms with Crippen molar-refractivity contribution in [2.24, 2.45) is 0 Å². The highest BCUT2D eigenvalue weighted by atomic mass is 35.5. The SMILES string of the molecule is COc1ccc(Cl)c(S(=O)(=O)NCC(C)(O)C(=O)O)c1. The molecule has 20 heavy (non-hydrogen) atoms. The van der Waals surface area contributed by atoms with E-state index in [1.807, 2.05) is 4.72 Å². The second-order valence-electron chi connectivity index (χ2n) is 4.20. The molecular formula is C11H14ClNO6S. The third-order valence-electron chi connectivity index (χ3n) is 2.50. The predicted octanol–water partition coefficient (Wildman–Crippen LogP) is 0.462. The summed E-state index contributed by atoms with van der Waals surface area (Å²) in [6.45, 7) is 0.281. The van der Waals surface area contributed by atoms with Gasteiger partial charge in [-0.2, -0.15) is 0 Å². The van der Waals surface area contributed by atoms with Crippen molar-refractivity contribution in [1.82, 2.24) is 4.72 Å². The van der Waals surface area contributed by atoms with E-state index in [2.05, 4.69) is 0 Å². The Balaban J connectivity index is 3.03. The average Bonchev–Trinajstić information content (AvgIpc) is 2.37. The van der Waals surface area contributed by atoms with Crippen molar-refractivity contribution in [2.75, 3.05) is 13.7 Å².